The SMILES string of the molecule is O=C(/C=C/c1ccc(C(F)(F)F)cc1)N1CCN(c2ccccc2Cl)CC1. The molecule has 0 spiro atoms. The zero-order valence-corrected chi connectivity index (χ0v) is 15.2. The van der Waals surface area contributed by atoms with Crippen molar-refractivity contribution in [3.63, 3.8) is 0 Å². The second kappa shape index (κ2) is 8.05. The Morgan fingerprint density at radius 2 is 1.59 bits per heavy atom. The number of alkyl halides is 3. The van der Waals surface area contributed by atoms with Crippen LogP contribution in [0.4, 0.5) is 18.9 Å². The number of piperazine rings is 1. The zero-order valence-electron chi connectivity index (χ0n) is 14.4. The van der Waals surface area contributed by atoms with Crippen molar-refractivity contribution in [2.45, 2.75) is 6.18 Å². The Balaban J connectivity index is 1.56. The third kappa shape index (κ3) is 4.83. The van der Waals surface area contributed by atoms with E-state index in [9.17, 15) is 18.0 Å². The fourth-order valence-corrected chi connectivity index (χ4v) is 3.19. The number of para-hydroxylation sites is 1. The highest BCUT2D eigenvalue weighted by Gasteiger charge is 2.29. The molecule has 0 N–H and O–H groups in total. The standard InChI is InChI=1S/C20H18ClF3N2O/c21-17-3-1-2-4-18(17)25-11-13-26(14-12-25)19(27)10-7-15-5-8-16(9-6-15)20(22,23)24/h1-10H,11-14H2/b10-7+. The van der Waals surface area contributed by atoms with E-state index in [1.807, 2.05) is 24.3 Å². The van der Waals surface area contributed by atoms with Crippen LogP contribution in [0.5, 0.6) is 0 Å². The Bertz CT molecular complexity index is 826. The van der Waals surface area contributed by atoms with Crippen LogP contribution in [0.2, 0.25) is 5.02 Å². The average molecular weight is 395 g/mol. The van der Waals surface area contributed by atoms with E-state index in [4.69, 9.17) is 11.6 Å². The van der Waals surface area contributed by atoms with Crippen LogP contribution < -0.4 is 4.90 Å². The molecule has 0 aliphatic carbocycles. The number of carbonyl (C=O) groups is 1. The van der Waals surface area contributed by atoms with E-state index in [0.717, 1.165) is 17.8 Å². The Morgan fingerprint density at radius 1 is 0.963 bits per heavy atom. The second-order valence-electron chi connectivity index (χ2n) is 6.22. The van der Waals surface area contributed by atoms with Gasteiger partial charge in [0, 0.05) is 32.3 Å². The first-order valence-electron chi connectivity index (χ1n) is 8.48. The molecule has 3 rings (SSSR count). The van der Waals surface area contributed by atoms with E-state index >= 15 is 0 Å². The summed E-state index contributed by atoms with van der Waals surface area (Å²) in [4.78, 5) is 16.2. The van der Waals surface area contributed by atoms with Crippen LogP contribution in [0.1, 0.15) is 11.1 Å². The maximum absolute atomic E-state index is 12.6. The highest BCUT2D eigenvalue weighted by atomic mass is 35.5. The Morgan fingerprint density at radius 3 is 2.19 bits per heavy atom. The normalized spacial score (nSPS) is 15.4. The number of halogens is 4. The lowest BCUT2D eigenvalue weighted by Crippen LogP contribution is -2.48. The highest BCUT2D eigenvalue weighted by molar-refractivity contribution is 6.33. The van der Waals surface area contributed by atoms with Gasteiger partial charge in [-0.1, -0.05) is 35.9 Å². The first-order chi connectivity index (χ1) is 12.8. The van der Waals surface area contributed by atoms with E-state index in [1.54, 1.807) is 4.90 Å². The summed E-state index contributed by atoms with van der Waals surface area (Å²) >= 11 is 6.21. The fourth-order valence-electron chi connectivity index (χ4n) is 2.93. The molecule has 0 atom stereocenters. The molecule has 3 nitrogen and oxygen atoms in total. The minimum Gasteiger partial charge on any atom is -0.367 e. The number of hydrogen-bond acceptors (Lipinski definition) is 2. The number of hydrogen-bond donors (Lipinski definition) is 0. The maximum Gasteiger partial charge on any atom is 0.416 e. The van der Waals surface area contributed by atoms with Gasteiger partial charge < -0.3 is 9.80 Å². The van der Waals surface area contributed by atoms with Crippen LogP contribution in [0.15, 0.2) is 54.6 Å². The van der Waals surface area contributed by atoms with Gasteiger partial charge in [0.15, 0.2) is 0 Å². The van der Waals surface area contributed by atoms with Crippen molar-refractivity contribution >= 4 is 29.3 Å². The van der Waals surface area contributed by atoms with Gasteiger partial charge in [0.2, 0.25) is 5.91 Å². The van der Waals surface area contributed by atoms with Crippen molar-refractivity contribution in [3.05, 3.63) is 70.8 Å². The lowest BCUT2D eigenvalue weighted by molar-refractivity contribution is -0.137. The highest BCUT2D eigenvalue weighted by Crippen LogP contribution is 2.29. The van der Waals surface area contributed by atoms with Crippen LogP contribution >= 0.6 is 11.6 Å². The third-order valence-corrected chi connectivity index (χ3v) is 4.76. The summed E-state index contributed by atoms with van der Waals surface area (Å²) in [5, 5.41) is 0.680. The number of amides is 1. The summed E-state index contributed by atoms with van der Waals surface area (Å²) in [6, 6.07) is 12.3. The Hall–Kier alpha value is -2.47. The van der Waals surface area contributed by atoms with Crippen molar-refractivity contribution in [1.29, 1.82) is 0 Å². The molecule has 1 fully saturated rings. The largest absolute Gasteiger partial charge is 0.416 e. The van der Waals surface area contributed by atoms with E-state index < -0.39 is 11.7 Å². The zero-order chi connectivity index (χ0) is 19.4. The number of nitrogens with zero attached hydrogens (tertiary/aromatic N) is 2. The van der Waals surface area contributed by atoms with Crippen molar-refractivity contribution in [2.75, 3.05) is 31.1 Å². The van der Waals surface area contributed by atoms with Gasteiger partial charge in [0.05, 0.1) is 16.3 Å². The minimum atomic E-state index is -4.36. The summed E-state index contributed by atoms with van der Waals surface area (Å²) < 4.78 is 37.7. The summed E-state index contributed by atoms with van der Waals surface area (Å²) in [6.07, 6.45) is -1.43. The summed E-state index contributed by atoms with van der Waals surface area (Å²) in [5.41, 5.74) is 0.791. The van der Waals surface area contributed by atoms with Gasteiger partial charge in [-0.15, -0.1) is 0 Å². The molecular formula is C20H18ClF3N2O. The molecule has 142 valence electrons. The smallest absolute Gasteiger partial charge is 0.367 e. The van der Waals surface area contributed by atoms with Gasteiger partial charge >= 0.3 is 6.18 Å². The van der Waals surface area contributed by atoms with Crippen molar-refractivity contribution in [3.8, 4) is 0 Å². The molecule has 1 amide bonds. The molecule has 0 radical (unpaired) electrons. The van der Waals surface area contributed by atoms with Crippen LogP contribution in [0, 0.1) is 0 Å². The van der Waals surface area contributed by atoms with E-state index in [-0.39, 0.29) is 5.91 Å². The van der Waals surface area contributed by atoms with Gasteiger partial charge in [0.25, 0.3) is 0 Å². The first-order valence-corrected chi connectivity index (χ1v) is 8.86. The predicted molar refractivity (Wildman–Crippen MR) is 101 cm³/mol. The van der Waals surface area contributed by atoms with E-state index in [1.165, 1.54) is 24.3 Å². The molecular weight excluding hydrogens is 377 g/mol. The molecule has 0 bridgehead atoms. The number of carbonyl (C=O) groups excluding carboxylic acids is 1. The van der Waals surface area contributed by atoms with Gasteiger partial charge in [0.1, 0.15) is 0 Å². The third-order valence-electron chi connectivity index (χ3n) is 4.44. The molecule has 0 saturated carbocycles. The molecule has 2 aromatic rings. The molecule has 1 saturated heterocycles. The Kier molecular flexibility index (Phi) is 5.75. The van der Waals surface area contributed by atoms with Crippen molar-refractivity contribution in [1.82, 2.24) is 4.90 Å². The van der Waals surface area contributed by atoms with Crippen LogP contribution in [-0.2, 0) is 11.0 Å². The number of rotatable bonds is 3. The minimum absolute atomic E-state index is 0.159. The molecule has 0 aromatic heterocycles. The number of benzene rings is 2. The maximum atomic E-state index is 12.6. The summed E-state index contributed by atoms with van der Waals surface area (Å²) in [5.74, 6) is -0.159. The Labute approximate surface area is 160 Å². The fraction of sp³-hybridized carbons (Fsp3) is 0.250. The summed E-state index contributed by atoms with van der Waals surface area (Å²) in [7, 11) is 0. The molecule has 0 unspecified atom stereocenters. The average Bonchev–Trinajstić information content (AvgIpc) is 2.66. The van der Waals surface area contributed by atoms with Gasteiger partial charge in [-0.05, 0) is 35.9 Å². The monoisotopic (exact) mass is 394 g/mol. The molecule has 2 aromatic carbocycles. The second-order valence-corrected chi connectivity index (χ2v) is 6.62. The van der Waals surface area contributed by atoms with Crippen LogP contribution in [0.3, 0.4) is 0 Å². The quantitative estimate of drug-likeness (QED) is 0.703. The molecule has 1 heterocycles. The van der Waals surface area contributed by atoms with Gasteiger partial charge in [-0.25, -0.2) is 0 Å². The summed E-state index contributed by atoms with van der Waals surface area (Å²) in [6.45, 7) is 2.45. The van der Waals surface area contributed by atoms with Crippen molar-refractivity contribution < 1.29 is 18.0 Å². The van der Waals surface area contributed by atoms with Crippen molar-refractivity contribution in [2.24, 2.45) is 0 Å². The van der Waals surface area contributed by atoms with Crippen LogP contribution in [-0.4, -0.2) is 37.0 Å². The number of anilines is 1. The topological polar surface area (TPSA) is 23.6 Å². The predicted octanol–water partition coefficient (Wildman–Crippen LogP) is 4.72. The van der Waals surface area contributed by atoms with E-state index in [0.29, 0.717) is 36.8 Å². The molecule has 1 aliphatic heterocycles. The lowest BCUT2D eigenvalue weighted by atomic mass is 10.1. The van der Waals surface area contributed by atoms with E-state index in [2.05, 4.69) is 4.90 Å². The van der Waals surface area contributed by atoms with Gasteiger partial charge in [-0.2, -0.15) is 13.2 Å². The first kappa shape index (κ1) is 19.3. The molecule has 7 heteroatoms. The lowest BCUT2D eigenvalue weighted by Gasteiger charge is -2.36. The molecule has 1 aliphatic rings. The molecule has 27 heavy (non-hydrogen) atoms. The van der Waals surface area contributed by atoms with Crippen LogP contribution in [0.25, 0.3) is 6.08 Å². The van der Waals surface area contributed by atoms with Gasteiger partial charge in [-0.3, -0.25) is 4.79 Å².